The molecule has 0 heterocycles. The van der Waals surface area contributed by atoms with Crippen molar-refractivity contribution < 1.29 is 5.11 Å². The van der Waals surface area contributed by atoms with Crippen LogP contribution in [0.3, 0.4) is 0 Å². The molecule has 0 atom stereocenters. The topological polar surface area (TPSA) is 32.3 Å². The van der Waals surface area contributed by atoms with Crippen molar-refractivity contribution >= 4 is 0 Å². The molecule has 0 aromatic rings. The fraction of sp³-hybridized carbons (Fsp3) is 0.667. The summed E-state index contributed by atoms with van der Waals surface area (Å²) < 4.78 is 0. The normalized spacial score (nSPS) is 10.2. The first-order valence-corrected chi connectivity index (χ1v) is 2.87. The molecule has 0 radical (unpaired) electrons. The summed E-state index contributed by atoms with van der Waals surface area (Å²) in [4.78, 5) is 0. The van der Waals surface area contributed by atoms with Crippen molar-refractivity contribution in [3.8, 4) is 0 Å². The molecule has 2 heteroatoms. The van der Waals surface area contributed by atoms with Gasteiger partial charge in [-0.1, -0.05) is 6.08 Å². The van der Waals surface area contributed by atoms with Gasteiger partial charge >= 0.3 is 0 Å². The van der Waals surface area contributed by atoms with Crippen molar-refractivity contribution in [2.45, 2.75) is 13.3 Å². The maximum Gasteiger partial charge on any atom is 0.0447 e. The highest BCUT2D eigenvalue weighted by Crippen LogP contribution is 1.70. The van der Waals surface area contributed by atoms with Gasteiger partial charge in [0.25, 0.3) is 0 Å². The minimum Gasteiger partial charge on any atom is -0.396 e. The lowest BCUT2D eigenvalue weighted by Gasteiger charge is -1.94. The molecular formula is C6H13NO. The maximum atomic E-state index is 8.30. The minimum atomic E-state index is 0.268. The van der Waals surface area contributed by atoms with Gasteiger partial charge in [0.15, 0.2) is 0 Å². The average Bonchev–Trinajstić information content (AvgIpc) is 1.81. The predicted molar refractivity (Wildman–Crippen MR) is 34.5 cm³/mol. The Balaban J connectivity index is 2.72. The van der Waals surface area contributed by atoms with Crippen LogP contribution in [0.2, 0.25) is 0 Å². The largest absolute Gasteiger partial charge is 0.396 e. The average molecular weight is 115 g/mol. The maximum absolute atomic E-state index is 8.30. The van der Waals surface area contributed by atoms with E-state index in [1.165, 1.54) is 0 Å². The molecule has 0 rings (SSSR count). The van der Waals surface area contributed by atoms with E-state index in [2.05, 4.69) is 5.32 Å². The lowest BCUT2D eigenvalue weighted by molar-refractivity contribution is 0.288. The van der Waals surface area contributed by atoms with Gasteiger partial charge in [0.05, 0.1) is 0 Å². The Morgan fingerprint density at radius 2 is 2.38 bits per heavy atom. The standard InChI is InChI=1S/C6H13NO/c1-2-4-7-5-3-6-8/h2,4,7-8H,3,5-6H2,1H3. The van der Waals surface area contributed by atoms with E-state index >= 15 is 0 Å². The number of aliphatic hydroxyl groups is 1. The summed E-state index contributed by atoms with van der Waals surface area (Å²) in [5.74, 6) is 0. The van der Waals surface area contributed by atoms with E-state index in [0.29, 0.717) is 0 Å². The molecule has 48 valence electrons. The van der Waals surface area contributed by atoms with E-state index in [4.69, 9.17) is 5.11 Å². The zero-order valence-corrected chi connectivity index (χ0v) is 5.22. The lowest BCUT2D eigenvalue weighted by atomic mass is 10.4. The Morgan fingerprint density at radius 3 is 2.88 bits per heavy atom. The van der Waals surface area contributed by atoms with Crippen LogP contribution < -0.4 is 5.32 Å². The number of rotatable bonds is 4. The van der Waals surface area contributed by atoms with Crippen LogP contribution in [0.1, 0.15) is 13.3 Å². The van der Waals surface area contributed by atoms with E-state index in [0.717, 1.165) is 13.0 Å². The Labute approximate surface area is 50.2 Å². The summed E-state index contributed by atoms with van der Waals surface area (Å²) in [5, 5.41) is 11.3. The summed E-state index contributed by atoms with van der Waals surface area (Å²) in [5.41, 5.74) is 0. The van der Waals surface area contributed by atoms with Crippen molar-refractivity contribution in [1.29, 1.82) is 0 Å². The molecule has 0 aliphatic carbocycles. The Kier molecular flexibility index (Phi) is 6.09. The lowest BCUT2D eigenvalue weighted by Crippen LogP contribution is -2.07. The summed E-state index contributed by atoms with van der Waals surface area (Å²) >= 11 is 0. The SMILES string of the molecule is CC=CNCCCO. The molecule has 0 aromatic carbocycles. The van der Waals surface area contributed by atoms with E-state index < -0.39 is 0 Å². The van der Waals surface area contributed by atoms with Gasteiger partial charge in [0.1, 0.15) is 0 Å². The number of hydrogen-bond acceptors (Lipinski definition) is 2. The third kappa shape index (κ3) is 5.50. The molecule has 0 aliphatic heterocycles. The van der Waals surface area contributed by atoms with Crippen LogP contribution in [0.15, 0.2) is 12.3 Å². The number of nitrogens with one attached hydrogen (secondary N) is 1. The first-order chi connectivity index (χ1) is 3.91. The van der Waals surface area contributed by atoms with Gasteiger partial charge in [-0.15, -0.1) is 0 Å². The third-order valence-electron chi connectivity index (χ3n) is 0.764. The second-order valence-electron chi connectivity index (χ2n) is 1.53. The van der Waals surface area contributed by atoms with Crippen molar-refractivity contribution in [2.24, 2.45) is 0 Å². The van der Waals surface area contributed by atoms with Crippen molar-refractivity contribution in [1.82, 2.24) is 5.32 Å². The molecule has 0 amide bonds. The van der Waals surface area contributed by atoms with Crippen LogP contribution in [0.4, 0.5) is 0 Å². The van der Waals surface area contributed by atoms with Crippen molar-refractivity contribution in [3.63, 3.8) is 0 Å². The van der Waals surface area contributed by atoms with Gasteiger partial charge in [-0.3, -0.25) is 0 Å². The quantitative estimate of drug-likeness (QED) is 0.523. The monoisotopic (exact) mass is 115 g/mol. The molecule has 0 spiro atoms. The molecule has 0 fully saturated rings. The number of allylic oxidation sites excluding steroid dienone is 1. The molecule has 0 saturated carbocycles. The summed E-state index contributed by atoms with van der Waals surface area (Å²) in [6.07, 6.45) is 4.62. The molecule has 0 unspecified atom stereocenters. The molecule has 2 N–H and O–H groups in total. The zero-order valence-electron chi connectivity index (χ0n) is 5.22. The highest BCUT2D eigenvalue weighted by Gasteiger charge is 1.76. The summed E-state index contributed by atoms with van der Waals surface area (Å²) in [7, 11) is 0. The second-order valence-corrected chi connectivity index (χ2v) is 1.53. The van der Waals surface area contributed by atoms with E-state index in [1.807, 2.05) is 19.2 Å². The van der Waals surface area contributed by atoms with Crippen LogP contribution in [0.25, 0.3) is 0 Å². The fourth-order valence-electron chi connectivity index (χ4n) is 0.382. The van der Waals surface area contributed by atoms with Crippen LogP contribution in [-0.4, -0.2) is 18.3 Å². The van der Waals surface area contributed by atoms with Gasteiger partial charge in [0.2, 0.25) is 0 Å². The molecule has 0 bridgehead atoms. The smallest absolute Gasteiger partial charge is 0.0447 e. The van der Waals surface area contributed by atoms with Gasteiger partial charge in [-0.25, -0.2) is 0 Å². The van der Waals surface area contributed by atoms with Crippen LogP contribution in [0, 0.1) is 0 Å². The zero-order chi connectivity index (χ0) is 6.24. The first kappa shape index (κ1) is 7.50. The highest BCUT2D eigenvalue weighted by molar-refractivity contribution is 4.73. The third-order valence-corrected chi connectivity index (χ3v) is 0.764. The van der Waals surface area contributed by atoms with Crippen molar-refractivity contribution in [3.05, 3.63) is 12.3 Å². The van der Waals surface area contributed by atoms with Crippen LogP contribution in [0.5, 0.6) is 0 Å². The van der Waals surface area contributed by atoms with Gasteiger partial charge in [-0.05, 0) is 19.5 Å². The fourth-order valence-corrected chi connectivity index (χ4v) is 0.382. The molecule has 0 saturated heterocycles. The van der Waals surface area contributed by atoms with Gasteiger partial charge in [-0.2, -0.15) is 0 Å². The summed E-state index contributed by atoms with van der Waals surface area (Å²) in [6, 6.07) is 0. The van der Waals surface area contributed by atoms with Crippen LogP contribution in [-0.2, 0) is 0 Å². The number of aliphatic hydroxyl groups excluding tert-OH is 1. The second kappa shape index (κ2) is 6.50. The summed E-state index contributed by atoms with van der Waals surface area (Å²) in [6.45, 7) is 3.08. The molecule has 8 heavy (non-hydrogen) atoms. The Bertz CT molecular complexity index is 61.5. The van der Waals surface area contributed by atoms with Crippen LogP contribution >= 0.6 is 0 Å². The van der Waals surface area contributed by atoms with Crippen molar-refractivity contribution in [2.75, 3.05) is 13.2 Å². The number of hydrogen-bond donors (Lipinski definition) is 2. The first-order valence-electron chi connectivity index (χ1n) is 2.87. The van der Waals surface area contributed by atoms with Gasteiger partial charge in [0, 0.05) is 13.2 Å². The Morgan fingerprint density at radius 1 is 1.62 bits per heavy atom. The molecule has 2 nitrogen and oxygen atoms in total. The predicted octanol–water partition coefficient (Wildman–Crippen LogP) is 0.492. The molecule has 0 aromatic heterocycles. The van der Waals surface area contributed by atoms with E-state index in [1.54, 1.807) is 0 Å². The molecule has 0 aliphatic rings. The van der Waals surface area contributed by atoms with E-state index in [-0.39, 0.29) is 6.61 Å². The van der Waals surface area contributed by atoms with Gasteiger partial charge < -0.3 is 10.4 Å². The highest BCUT2D eigenvalue weighted by atomic mass is 16.3. The Hall–Kier alpha value is -0.500. The van der Waals surface area contributed by atoms with E-state index in [9.17, 15) is 0 Å². The minimum absolute atomic E-state index is 0.268. The molecular weight excluding hydrogens is 102 g/mol.